The highest BCUT2D eigenvalue weighted by Gasteiger charge is 2.39. The Morgan fingerprint density at radius 3 is 2.67 bits per heavy atom. The zero-order chi connectivity index (χ0) is 18.4. The van der Waals surface area contributed by atoms with Crippen LogP contribution in [-0.2, 0) is 4.79 Å². The van der Waals surface area contributed by atoms with Gasteiger partial charge in [0.1, 0.15) is 12.4 Å². The first kappa shape index (κ1) is 16.0. The van der Waals surface area contributed by atoms with Crippen molar-refractivity contribution in [2.45, 2.75) is 31.7 Å². The lowest BCUT2D eigenvalue weighted by atomic mass is 9.78. The predicted octanol–water partition coefficient (Wildman–Crippen LogP) is 4.00. The first-order chi connectivity index (χ1) is 13.2. The van der Waals surface area contributed by atoms with Gasteiger partial charge >= 0.3 is 0 Å². The number of carbonyl (C=O) groups excluding carboxylic acids is 1. The Morgan fingerprint density at radius 2 is 1.85 bits per heavy atom. The van der Waals surface area contributed by atoms with Gasteiger partial charge in [0.25, 0.3) is 0 Å². The molecule has 0 spiro atoms. The van der Waals surface area contributed by atoms with Crippen LogP contribution in [-0.4, -0.2) is 20.5 Å². The van der Waals surface area contributed by atoms with Crippen molar-refractivity contribution in [2.75, 3.05) is 5.32 Å². The molecule has 0 amide bonds. The third kappa shape index (κ3) is 2.67. The average Bonchev–Trinajstić information content (AvgIpc) is 3.15. The molecule has 5 nitrogen and oxygen atoms in total. The molecule has 0 bridgehead atoms. The summed E-state index contributed by atoms with van der Waals surface area (Å²) in [4.78, 5) is 17.6. The van der Waals surface area contributed by atoms with Gasteiger partial charge in [0, 0.05) is 17.7 Å². The maximum absolute atomic E-state index is 13.3. The minimum absolute atomic E-state index is 0.185. The normalized spacial score (nSPS) is 21.4. The SMILES string of the molecule is Cc1cccc([C@@H]2C3=C(C[C@H](c4ccccc4)CC3=O)Nc3ncnn32)c1. The van der Waals surface area contributed by atoms with Crippen LogP contribution in [0, 0.1) is 6.92 Å². The molecule has 0 saturated heterocycles. The van der Waals surface area contributed by atoms with Crippen molar-refractivity contribution in [3.05, 3.63) is 88.9 Å². The Balaban J connectivity index is 1.62. The number of hydrogen-bond acceptors (Lipinski definition) is 4. The van der Waals surface area contributed by atoms with Gasteiger partial charge < -0.3 is 5.32 Å². The summed E-state index contributed by atoms with van der Waals surface area (Å²) in [5.41, 5.74) is 5.25. The summed E-state index contributed by atoms with van der Waals surface area (Å²) in [7, 11) is 0. The lowest BCUT2D eigenvalue weighted by Gasteiger charge is -2.35. The van der Waals surface area contributed by atoms with Crippen molar-refractivity contribution in [2.24, 2.45) is 0 Å². The van der Waals surface area contributed by atoms with E-state index in [4.69, 9.17) is 0 Å². The van der Waals surface area contributed by atoms with Crippen molar-refractivity contribution in [1.29, 1.82) is 0 Å². The summed E-state index contributed by atoms with van der Waals surface area (Å²) in [5, 5.41) is 7.78. The first-order valence-corrected chi connectivity index (χ1v) is 9.25. The number of carbonyl (C=O) groups is 1. The van der Waals surface area contributed by atoms with Gasteiger partial charge in [-0.15, -0.1) is 0 Å². The van der Waals surface area contributed by atoms with Crippen LogP contribution in [0.15, 0.2) is 72.2 Å². The fourth-order valence-electron chi connectivity index (χ4n) is 4.26. The van der Waals surface area contributed by atoms with Crippen LogP contribution in [0.25, 0.3) is 0 Å². The maximum atomic E-state index is 13.3. The Labute approximate surface area is 157 Å². The van der Waals surface area contributed by atoms with Gasteiger partial charge in [-0.25, -0.2) is 4.68 Å². The van der Waals surface area contributed by atoms with E-state index in [0.717, 1.165) is 23.3 Å². The molecular formula is C22H20N4O. The largest absolute Gasteiger partial charge is 0.328 e. The standard InChI is InChI=1S/C22H20N4O/c1-14-6-5-9-16(10-14)21-20-18(25-22-23-13-24-26(21)22)11-17(12-19(20)27)15-7-3-2-4-8-15/h2-10,13,17,21H,11-12H2,1H3,(H,23,24,25)/t17-,21+/m0/s1. The number of benzene rings is 2. The second kappa shape index (κ2) is 6.20. The van der Waals surface area contributed by atoms with Crippen molar-refractivity contribution >= 4 is 11.7 Å². The molecule has 0 saturated carbocycles. The summed E-state index contributed by atoms with van der Waals surface area (Å²) >= 11 is 0. The molecule has 0 fully saturated rings. The molecule has 0 radical (unpaired) electrons. The molecule has 0 unspecified atom stereocenters. The third-order valence-electron chi connectivity index (χ3n) is 5.49. The van der Waals surface area contributed by atoms with Crippen LogP contribution in [0.1, 0.15) is 41.5 Å². The molecular weight excluding hydrogens is 336 g/mol. The monoisotopic (exact) mass is 356 g/mol. The van der Waals surface area contributed by atoms with Gasteiger partial charge in [-0.05, 0) is 30.4 Å². The zero-order valence-electron chi connectivity index (χ0n) is 15.1. The molecule has 5 heteroatoms. The Hall–Kier alpha value is -3.21. The number of fused-ring (bicyclic) bond motifs is 1. The van der Waals surface area contributed by atoms with Crippen molar-refractivity contribution in [3.8, 4) is 0 Å². The van der Waals surface area contributed by atoms with Crippen molar-refractivity contribution in [1.82, 2.24) is 14.8 Å². The molecule has 1 aromatic heterocycles. The number of allylic oxidation sites excluding steroid dienone is 2. The van der Waals surface area contributed by atoms with E-state index in [2.05, 4.69) is 52.7 Å². The molecule has 134 valence electrons. The predicted molar refractivity (Wildman–Crippen MR) is 103 cm³/mol. The Kier molecular flexibility index (Phi) is 3.67. The number of aryl methyl sites for hydroxylation is 1. The van der Waals surface area contributed by atoms with Gasteiger partial charge in [-0.2, -0.15) is 10.1 Å². The number of anilines is 1. The molecule has 2 heterocycles. The summed E-state index contributed by atoms with van der Waals surface area (Å²) in [6, 6.07) is 18.4. The van der Waals surface area contributed by atoms with E-state index in [1.54, 1.807) is 6.33 Å². The summed E-state index contributed by atoms with van der Waals surface area (Å²) < 4.78 is 1.83. The molecule has 2 atom stereocenters. The topological polar surface area (TPSA) is 59.8 Å². The molecule has 2 aromatic carbocycles. The number of hydrogen-bond donors (Lipinski definition) is 1. The van der Waals surface area contributed by atoms with Gasteiger partial charge in [0.05, 0.1) is 0 Å². The van der Waals surface area contributed by atoms with Crippen molar-refractivity contribution < 1.29 is 4.79 Å². The highest BCUT2D eigenvalue weighted by Crippen LogP contribution is 2.43. The van der Waals surface area contributed by atoms with Crippen LogP contribution < -0.4 is 5.32 Å². The second-order valence-corrected chi connectivity index (χ2v) is 7.30. The molecule has 1 aliphatic heterocycles. The van der Waals surface area contributed by atoms with Crippen molar-refractivity contribution in [3.63, 3.8) is 0 Å². The van der Waals surface area contributed by atoms with E-state index in [0.29, 0.717) is 12.4 Å². The van der Waals surface area contributed by atoms with E-state index in [-0.39, 0.29) is 17.7 Å². The Morgan fingerprint density at radius 1 is 1.04 bits per heavy atom. The summed E-state index contributed by atoms with van der Waals surface area (Å²) in [6.45, 7) is 2.07. The van der Waals surface area contributed by atoms with Gasteiger partial charge in [0.15, 0.2) is 5.78 Å². The minimum Gasteiger partial charge on any atom is -0.328 e. The molecule has 3 aromatic rings. The fourth-order valence-corrected chi connectivity index (χ4v) is 4.26. The number of Topliss-reactive ketones (excluding diaryl/α,β-unsaturated/α-hetero) is 1. The van der Waals surface area contributed by atoms with E-state index in [9.17, 15) is 4.79 Å². The van der Waals surface area contributed by atoms with Crippen LogP contribution in [0.3, 0.4) is 0 Å². The van der Waals surface area contributed by atoms with E-state index in [1.165, 1.54) is 11.1 Å². The van der Waals surface area contributed by atoms with Crippen LogP contribution in [0.4, 0.5) is 5.95 Å². The number of ketones is 1. The number of aromatic nitrogens is 3. The second-order valence-electron chi connectivity index (χ2n) is 7.30. The van der Waals surface area contributed by atoms with E-state index in [1.807, 2.05) is 28.9 Å². The van der Waals surface area contributed by atoms with Crippen LogP contribution >= 0.6 is 0 Å². The fraction of sp³-hybridized carbons (Fsp3) is 0.227. The van der Waals surface area contributed by atoms with Crippen LogP contribution in [0.5, 0.6) is 0 Å². The lowest BCUT2D eigenvalue weighted by molar-refractivity contribution is -0.116. The zero-order valence-corrected chi connectivity index (χ0v) is 15.1. The maximum Gasteiger partial charge on any atom is 0.226 e. The number of nitrogens with one attached hydrogen (secondary N) is 1. The highest BCUT2D eigenvalue weighted by molar-refractivity contribution is 6.00. The third-order valence-corrected chi connectivity index (χ3v) is 5.49. The van der Waals surface area contributed by atoms with Crippen LogP contribution in [0.2, 0.25) is 0 Å². The highest BCUT2D eigenvalue weighted by atomic mass is 16.1. The lowest BCUT2D eigenvalue weighted by Crippen LogP contribution is -2.33. The quantitative estimate of drug-likeness (QED) is 0.754. The molecule has 27 heavy (non-hydrogen) atoms. The van der Waals surface area contributed by atoms with E-state index >= 15 is 0 Å². The number of rotatable bonds is 2. The molecule has 5 rings (SSSR count). The average molecular weight is 356 g/mol. The molecule has 1 aliphatic carbocycles. The van der Waals surface area contributed by atoms with E-state index < -0.39 is 0 Å². The first-order valence-electron chi connectivity index (χ1n) is 9.25. The van der Waals surface area contributed by atoms with Gasteiger partial charge in [-0.1, -0.05) is 60.2 Å². The van der Waals surface area contributed by atoms with Gasteiger partial charge in [0.2, 0.25) is 5.95 Å². The smallest absolute Gasteiger partial charge is 0.226 e. The number of nitrogens with zero attached hydrogens (tertiary/aromatic N) is 3. The Bertz CT molecular complexity index is 1050. The summed E-state index contributed by atoms with van der Waals surface area (Å²) in [6.07, 6.45) is 2.87. The molecule has 1 N–H and O–H groups in total. The summed E-state index contributed by atoms with van der Waals surface area (Å²) in [5.74, 6) is 1.07. The molecule has 2 aliphatic rings. The minimum atomic E-state index is -0.220. The van der Waals surface area contributed by atoms with Gasteiger partial charge in [-0.3, -0.25) is 4.79 Å².